The fraction of sp³-hybridized carbons (Fsp3) is 0.370. The molecule has 2 aliphatic rings. The van der Waals surface area contributed by atoms with Crippen LogP contribution >= 0.6 is 0 Å². The number of benzene rings is 2. The third-order valence-corrected chi connectivity index (χ3v) is 6.42. The summed E-state index contributed by atoms with van der Waals surface area (Å²) in [4.78, 5) is 26.8. The number of fused-ring (bicyclic) bond motifs is 1. The number of rotatable bonds is 7. The first-order chi connectivity index (χ1) is 17.6. The average molecular weight is 491 g/mol. The summed E-state index contributed by atoms with van der Waals surface area (Å²) in [5, 5.41) is 0. The van der Waals surface area contributed by atoms with Crippen LogP contribution in [0.3, 0.4) is 0 Å². The first-order valence-corrected chi connectivity index (χ1v) is 12.1. The van der Waals surface area contributed by atoms with Crippen LogP contribution in [0, 0.1) is 0 Å². The number of aromatic nitrogens is 2. The van der Waals surface area contributed by atoms with Crippen molar-refractivity contribution in [3.05, 3.63) is 65.4 Å². The summed E-state index contributed by atoms with van der Waals surface area (Å²) in [6, 6.07) is 15.0. The Hall–Kier alpha value is -3.85. The molecule has 1 aromatic heterocycles. The molecule has 36 heavy (non-hydrogen) atoms. The van der Waals surface area contributed by atoms with Gasteiger partial charge < -0.3 is 28.7 Å². The number of nitrogens with zero attached hydrogens (tertiary/aromatic N) is 4. The Kier molecular flexibility index (Phi) is 7.18. The van der Waals surface area contributed by atoms with Gasteiger partial charge in [-0.2, -0.15) is 4.98 Å². The summed E-state index contributed by atoms with van der Waals surface area (Å²) in [7, 11) is 3.25. The lowest BCUT2D eigenvalue weighted by molar-refractivity contribution is -0.131. The molecule has 1 amide bonds. The summed E-state index contributed by atoms with van der Waals surface area (Å²) >= 11 is 0. The van der Waals surface area contributed by atoms with Crippen molar-refractivity contribution in [1.82, 2.24) is 14.9 Å². The van der Waals surface area contributed by atoms with E-state index in [0.29, 0.717) is 56.7 Å². The van der Waals surface area contributed by atoms with Gasteiger partial charge in [-0.15, -0.1) is 0 Å². The number of carbonyl (C=O) groups is 1. The molecule has 9 heteroatoms. The van der Waals surface area contributed by atoms with Crippen LogP contribution in [0.5, 0.6) is 23.1 Å². The van der Waals surface area contributed by atoms with E-state index in [4.69, 9.17) is 28.9 Å². The molecule has 0 spiro atoms. The van der Waals surface area contributed by atoms with E-state index in [1.54, 1.807) is 14.2 Å². The summed E-state index contributed by atoms with van der Waals surface area (Å²) in [6.45, 7) is 3.73. The fourth-order valence-electron chi connectivity index (χ4n) is 4.40. The highest BCUT2D eigenvalue weighted by atomic mass is 16.5. The van der Waals surface area contributed by atoms with Crippen molar-refractivity contribution in [2.24, 2.45) is 0 Å². The van der Waals surface area contributed by atoms with Gasteiger partial charge in [-0.3, -0.25) is 4.79 Å². The van der Waals surface area contributed by atoms with Crippen molar-refractivity contribution >= 4 is 11.9 Å². The molecule has 3 heterocycles. The Balaban J connectivity index is 1.41. The number of amides is 1. The Morgan fingerprint density at radius 3 is 2.44 bits per heavy atom. The minimum absolute atomic E-state index is 0.0431. The van der Waals surface area contributed by atoms with Crippen molar-refractivity contribution in [3.63, 3.8) is 0 Å². The smallest absolute Gasteiger partial charge is 0.229 e. The van der Waals surface area contributed by atoms with E-state index in [1.807, 2.05) is 53.4 Å². The lowest BCUT2D eigenvalue weighted by Crippen LogP contribution is -2.40. The molecule has 2 aromatic carbocycles. The summed E-state index contributed by atoms with van der Waals surface area (Å²) in [6.07, 6.45) is 0.936. The van der Waals surface area contributed by atoms with Crippen molar-refractivity contribution < 1.29 is 23.7 Å². The molecule has 5 rings (SSSR count). The largest absolute Gasteiger partial charge is 0.497 e. The standard InChI is InChI=1S/C27H30N4O5/c1-33-20-6-8-21(9-7-20)36-26-23-18-31(25(32)17-19-4-3-5-22(16-19)34-2)11-10-24(23)28-27(29-26)30-12-14-35-15-13-30/h3-9,16H,10-15,17-18H2,1-2H3. The second kappa shape index (κ2) is 10.8. The van der Waals surface area contributed by atoms with Crippen molar-refractivity contribution in [3.8, 4) is 23.1 Å². The van der Waals surface area contributed by atoms with Crippen molar-refractivity contribution in [1.29, 1.82) is 0 Å². The monoisotopic (exact) mass is 490 g/mol. The number of hydrogen-bond donors (Lipinski definition) is 0. The fourth-order valence-corrected chi connectivity index (χ4v) is 4.40. The lowest BCUT2D eigenvalue weighted by Gasteiger charge is -2.32. The highest BCUT2D eigenvalue weighted by molar-refractivity contribution is 5.79. The van der Waals surface area contributed by atoms with E-state index in [0.717, 1.165) is 41.4 Å². The molecule has 0 unspecified atom stereocenters. The van der Waals surface area contributed by atoms with Gasteiger partial charge in [0.2, 0.25) is 17.7 Å². The van der Waals surface area contributed by atoms with Crippen LogP contribution in [0.25, 0.3) is 0 Å². The molecule has 0 N–H and O–H groups in total. The van der Waals surface area contributed by atoms with Gasteiger partial charge in [-0.05, 0) is 42.0 Å². The van der Waals surface area contributed by atoms with E-state index >= 15 is 0 Å². The van der Waals surface area contributed by atoms with E-state index in [1.165, 1.54) is 0 Å². The van der Waals surface area contributed by atoms with E-state index in [-0.39, 0.29) is 5.91 Å². The molecule has 0 radical (unpaired) electrons. The molecule has 0 bridgehead atoms. The third-order valence-electron chi connectivity index (χ3n) is 6.42. The third kappa shape index (κ3) is 5.36. The maximum atomic E-state index is 13.2. The SMILES string of the molecule is COc1ccc(Oc2nc(N3CCOCC3)nc3c2CN(C(=O)Cc2cccc(OC)c2)CC3)cc1. The zero-order valence-corrected chi connectivity index (χ0v) is 20.6. The maximum Gasteiger partial charge on any atom is 0.229 e. The highest BCUT2D eigenvalue weighted by Crippen LogP contribution is 2.32. The van der Waals surface area contributed by atoms with Crippen LogP contribution in [0.1, 0.15) is 16.8 Å². The molecule has 188 valence electrons. The minimum Gasteiger partial charge on any atom is -0.497 e. The van der Waals surface area contributed by atoms with Crippen LogP contribution in [0.4, 0.5) is 5.95 Å². The normalized spacial score (nSPS) is 15.3. The van der Waals surface area contributed by atoms with Crippen LogP contribution < -0.4 is 19.1 Å². The molecule has 0 saturated carbocycles. The Bertz CT molecular complexity index is 1210. The van der Waals surface area contributed by atoms with Gasteiger partial charge in [0.15, 0.2) is 0 Å². The molecule has 1 saturated heterocycles. The number of anilines is 1. The molecule has 2 aliphatic heterocycles. The first-order valence-electron chi connectivity index (χ1n) is 12.1. The molecule has 1 fully saturated rings. The van der Waals surface area contributed by atoms with Gasteiger partial charge in [0, 0.05) is 26.1 Å². The topological polar surface area (TPSA) is 86.3 Å². The summed E-state index contributed by atoms with van der Waals surface area (Å²) in [5.41, 5.74) is 2.67. The predicted molar refractivity (Wildman–Crippen MR) is 134 cm³/mol. The Morgan fingerprint density at radius 1 is 0.944 bits per heavy atom. The Labute approximate surface area is 210 Å². The second-order valence-corrected chi connectivity index (χ2v) is 8.72. The molecule has 9 nitrogen and oxygen atoms in total. The lowest BCUT2D eigenvalue weighted by atomic mass is 10.0. The molecular weight excluding hydrogens is 460 g/mol. The van der Waals surface area contributed by atoms with Crippen LogP contribution in [0.2, 0.25) is 0 Å². The van der Waals surface area contributed by atoms with Gasteiger partial charge in [-0.1, -0.05) is 12.1 Å². The highest BCUT2D eigenvalue weighted by Gasteiger charge is 2.28. The van der Waals surface area contributed by atoms with Crippen LogP contribution in [0.15, 0.2) is 48.5 Å². The number of carbonyl (C=O) groups excluding carboxylic acids is 1. The molecule has 0 aliphatic carbocycles. The van der Waals surface area contributed by atoms with Crippen LogP contribution in [-0.4, -0.2) is 67.8 Å². The molecule has 3 aromatic rings. The van der Waals surface area contributed by atoms with Gasteiger partial charge in [0.25, 0.3) is 0 Å². The van der Waals surface area contributed by atoms with Crippen molar-refractivity contribution in [2.75, 3.05) is 52.0 Å². The molecule has 0 atom stereocenters. The number of morpholine rings is 1. The van der Waals surface area contributed by atoms with Gasteiger partial charge in [0.05, 0.1) is 51.7 Å². The van der Waals surface area contributed by atoms with E-state index in [2.05, 4.69) is 4.90 Å². The average Bonchev–Trinajstić information content (AvgIpc) is 2.93. The first kappa shape index (κ1) is 23.9. The molecular formula is C27H30N4O5. The quantitative estimate of drug-likeness (QED) is 0.499. The summed E-state index contributed by atoms with van der Waals surface area (Å²) < 4.78 is 22.3. The van der Waals surface area contributed by atoms with E-state index < -0.39 is 0 Å². The summed E-state index contributed by atoms with van der Waals surface area (Å²) in [5.74, 6) is 3.28. The number of methoxy groups -OCH3 is 2. The van der Waals surface area contributed by atoms with E-state index in [9.17, 15) is 4.79 Å². The zero-order chi connectivity index (χ0) is 24.9. The predicted octanol–water partition coefficient (Wildman–Crippen LogP) is 3.25. The van der Waals surface area contributed by atoms with Crippen molar-refractivity contribution in [2.45, 2.75) is 19.4 Å². The second-order valence-electron chi connectivity index (χ2n) is 8.72. The Morgan fingerprint density at radius 2 is 1.69 bits per heavy atom. The van der Waals surface area contributed by atoms with Gasteiger partial charge >= 0.3 is 0 Å². The zero-order valence-electron chi connectivity index (χ0n) is 20.6. The van der Waals surface area contributed by atoms with Gasteiger partial charge in [0.1, 0.15) is 17.2 Å². The number of hydrogen-bond acceptors (Lipinski definition) is 8. The number of ether oxygens (including phenoxy) is 4. The van der Waals surface area contributed by atoms with Gasteiger partial charge in [-0.25, -0.2) is 4.98 Å². The minimum atomic E-state index is 0.0431. The maximum absolute atomic E-state index is 13.2. The van der Waals surface area contributed by atoms with Crippen LogP contribution in [-0.2, 0) is 28.9 Å².